The van der Waals surface area contributed by atoms with Crippen LogP contribution < -0.4 is 5.48 Å². The molecule has 126 valence electrons. The van der Waals surface area contributed by atoms with Crippen molar-refractivity contribution in [2.75, 3.05) is 19.4 Å². The summed E-state index contributed by atoms with van der Waals surface area (Å²) < 4.78 is 22.9. The Bertz CT molecular complexity index is 674. The molecular formula is C15H20N2O5S. The van der Waals surface area contributed by atoms with Gasteiger partial charge in [0.2, 0.25) is 5.91 Å². The summed E-state index contributed by atoms with van der Waals surface area (Å²) in [4.78, 5) is 29.4. The molecule has 2 rings (SSSR count). The minimum Gasteiger partial charge on any atom is -0.316 e. The number of nitrogens with one attached hydrogen (secondary N) is 1. The molecule has 0 aromatic heterocycles. The number of rotatable bonds is 7. The Morgan fingerprint density at radius 3 is 2.61 bits per heavy atom. The molecule has 0 spiro atoms. The molecule has 1 heterocycles. The van der Waals surface area contributed by atoms with Gasteiger partial charge < -0.3 is 4.90 Å². The van der Waals surface area contributed by atoms with Crippen LogP contribution in [-0.4, -0.2) is 49.9 Å². The quantitative estimate of drug-likeness (QED) is 0.574. The molecule has 0 saturated carbocycles. The van der Waals surface area contributed by atoms with Crippen LogP contribution in [0.15, 0.2) is 30.3 Å². The van der Waals surface area contributed by atoms with Crippen molar-refractivity contribution in [3.05, 3.63) is 35.9 Å². The fraction of sp³-hybridized carbons (Fsp3) is 0.467. The van der Waals surface area contributed by atoms with Crippen LogP contribution in [0, 0.1) is 0 Å². The number of sulfone groups is 1. The fourth-order valence-electron chi connectivity index (χ4n) is 2.31. The van der Waals surface area contributed by atoms with Gasteiger partial charge in [-0.1, -0.05) is 37.3 Å². The Kier molecular flexibility index (Phi) is 5.38. The summed E-state index contributed by atoms with van der Waals surface area (Å²) >= 11 is 0. The lowest BCUT2D eigenvalue weighted by atomic mass is 10.0. The van der Waals surface area contributed by atoms with E-state index in [2.05, 4.69) is 5.48 Å². The summed E-state index contributed by atoms with van der Waals surface area (Å²) in [6, 6.07) is 9.69. The molecule has 23 heavy (non-hydrogen) atoms. The van der Waals surface area contributed by atoms with E-state index in [4.69, 9.17) is 4.84 Å². The zero-order chi connectivity index (χ0) is 17.0. The third kappa shape index (κ3) is 4.52. The van der Waals surface area contributed by atoms with Gasteiger partial charge in [-0.05, 0) is 5.56 Å². The van der Waals surface area contributed by atoms with E-state index in [1.807, 2.05) is 37.3 Å². The van der Waals surface area contributed by atoms with E-state index in [0.29, 0.717) is 0 Å². The predicted octanol–water partition coefficient (Wildman–Crippen LogP) is 0.441. The number of nitrogens with zero attached hydrogens (tertiary/aromatic N) is 1. The normalized spacial score (nSPS) is 19.1. The number of hydroxylamine groups is 1. The molecule has 1 saturated heterocycles. The van der Waals surface area contributed by atoms with Crippen LogP contribution in [0.3, 0.4) is 0 Å². The van der Waals surface area contributed by atoms with Crippen molar-refractivity contribution in [1.29, 1.82) is 0 Å². The van der Waals surface area contributed by atoms with Gasteiger partial charge in [0, 0.05) is 12.2 Å². The van der Waals surface area contributed by atoms with Gasteiger partial charge in [0.05, 0.1) is 13.0 Å². The van der Waals surface area contributed by atoms with Crippen LogP contribution in [0.2, 0.25) is 0 Å². The molecule has 1 aliphatic heterocycles. The average Bonchev–Trinajstić information content (AvgIpc) is 2.50. The standard InChI is InChI=1S/C15H20N2O5S/c1-11(12-6-4-3-5-7-12)10-22-16-13(18)9-17-14(19)8-15(17)23(2,20)21/h3-7,11,15H,8-10H2,1-2H3,(H,16,18). The Labute approximate surface area is 135 Å². The van der Waals surface area contributed by atoms with Gasteiger partial charge in [-0.25, -0.2) is 13.9 Å². The molecule has 1 aromatic rings. The van der Waals surface area contributed by atoms with Crippen LogP contribution >= 0.6 is 0 Å². The number of β-lactam (4-membered cyclic amide) rings is 1. The number of amides is 2. The molecule has 7 nitrogen and oxygen atoms in total. The van der Waals surface area contributed by atoms with Gasteiger partial charge in [-0.2, -0.15) is 0 Å². The number of hydrogen-bond donors (Lipinski definition) is 1. The zero-order valence-corrected chi connectivity index (χ0v) is 13.9. The van der Waals surface area contributed by atoms with Crippen LogP contribution in [0.4, 0.5) is 0 Å². The summed E-state index contributed by atoms with van der Waals surface area (Å²) in [7, 11) is -3.38. The summed E-state index contributed by atoms with van der Waals surface area (Å²) in [5, 5.41) is -0.913. The third-order valence-electron chi connectivity index (χ3n) is 3.71. The van der Waals surface area contributed by atoms with Crippen LogP contribution in [-0.2, 0) is 24.3 Å². The van der Waals surface area contributed by atoms with Gasteiger partial charge in [0.1, 0.15) is 11.9 Å². The number of carbonyl (C=O) groups is 2. The molecule has 1 aromatic carbocycles. The van der Waals surface area contributed by atoms with Crippen molar-refractivity contribution in [3.8, 4) is 0 Å². The summed E-state index contributed by atoms with van der Waals surface area (Å²) in [6.07, 6.45) is 0.977. The molecular weight excluding hydrogens is 320 g/mol. The highest BCUT2D eigenvalue weighted by molar-refractivity contribution is 7.91. The smallest absolute Gasteiger partial charge is 0.263 e. The van der Waals surface area contributed by atoms with E-state index in [9.17, 15) is 18.0 Å². The minimum atomic E-state index is -3.38. The Morgan fingerprint density at radius 2 is 2.04 bits per heavy atom. The highest BCUT2D eigenvalue weighted by Gasteiger charge is 2.43. The van der Waals surface area contributed by atoms with Crippen molar-refractivity contribution >= 4 is 21.7 Å². The maximum absolute atomic E-state index is 11.8. The second-order valence-electron chi connectivity index (χ2n) is 5.66. The zero-order valence-electron chi connectivity index (χ0n) is 13.1. The van der Waals surface area contributed by atoms with E-state index >= 15 is 0 Å². The highest BCUT2D eigenvalue weighted by Crippen LogP contribution is 2.23. The highest BCUT2D eigenvalue weighted by atomic mass is 32.2. The lowest BCUT2D eigenvalue weighted by Gasteiger charge is -2.38. The molecule has 0 bridgehead atoms. The SMILES string of the molecule is CC(CONC(=O)CN1C(=O)CC1S(C)(=O)=O)c1ccccc1. The van der Waals surface area contributed by atoms with Gasteiger partial charge in [-0.3, -0.25) is 14.4 Å². The van der Waals surface area contributed by atoms with E-state index in [-0.39, 0.29) is 31.4 Å². The third-order valence-corrected chi connectivity index (χ3v) is 5.12. The van der Waals surface area contributed by atoms with Gasteiger partial charge in [0.15, 0.2) is 9.84 Å². The number of likely N-dealkylation sites (tertiary alicyclic amines) is 1. The van der Waals surface area contributed by atoms with Crippen molar-refractivity contribution in [2.45, 2.75) is 24.6 Å². The second-order valence-corrected chi connectivity index (χ2v) is 7.86. The Morgan fingerprint density at radius 1 is 1.39 bits per heavy atom. The first kappa shape index (κ1) is 17.4. The summed E-state index contributed by atoms with van der Waals surface area (Å²) in [6.45, 7) is 1.91. The summed E-state index contributed by atoms with van der Waals surface area (Å²) in [5.74, 6) is -0.814. The lowest BCUT2D eigenvalue weighted by molar-refractivity contribution is -0.149. The van der Waals surface area contributed by atoms with Crippen molar-refractivity contribution < 1.29 is 22.8 Å². The molecule has 1 aliphatic rings. The largest absolute Gasteiger partial charge is 0.316 e. The van der Waals surface area contributed by atoms with E-state index in [1.165, 1.54) is 0 Å². The fourth-order valence-corrected chi connectivity index (χ4v) is 3.41. The molecule has 1 fully saturated rings. The Hall–Kier alpha value is -1.93. The molecule has 0 radical (unpaired) electrons. The van der Waals surface area contributed by atoms with Gasteiger partial charge in [-0.15, -0.1) is 0 Å². The molecule has 8 heteroatoms. The van der Waals surface area contributed by atoms with Crippen molar-refractivity contribution in [1.82, 2.24) is 10.4 Å². The molecule has 2 atom stereocenters. The van der Waals surface area contributed by atoms with Crippen molar-refractivity contribution in [3.63, 3.8) is 0 Å². The minimum absolute atomic E-state index is 0.0714. The first-order valence-electron chi connectivity index (χ1n) is 7.23. The number of hydrogen-bond acceptors (Lipinski definition) is 5. The first-order valence-corrected chi connectivity index (χ1v) is 9.18. The maximum Gasteiger partial charge on any atom is 0.263 e. The van der Waals surface area contributed by atoms with E-state index < -0.39 is 21.1 Å². The first-order chi connectivity index (χ1) is 10.8. The van der Waals surface area contributed by atoms with E-state index in [0.717, 1.165) is 16.7 Å². The maximum atomic E-state index is 11.8. The average molecular weight is 340 g/mol. The monoisotopic (exact) mass is 340 g/mol. The molecule has 0 aliphatic carbocycles. The van der Waals surface area contributed by atoms with Gasteiger partial charge in [0.25, 0.3) is 5.91 Å². The lowest BCUT2D eigenvalue weighted by Crippen LogP contribution is -2.58. The molecule has 1 N–H and O–H groups in total. The van der Waals surface area contributed by atoms with Gasteiger partial charge >= 0.3 is 0 Å². The van der Waals surface area contributed by atoms with E-state index in [1.54, 1.807) is 0 Å². The molecule has 2 amide bonds. The number of carbonyl (C=O) groups excluding carboxylic acids is 2. The van der Waals surface area contributed by atoms with Crippen LogP contribution in [0.5, 0.6) is 0 Å². The number of benzene rings is 1. The topological polar surface area (TPSA) is 92.8 Å². The van der Waals surface area contributed by atoms with Crippen molar-refractivity contribution in [2.24, 2.45) is 0 Å². The van der Waals surface area contributed by atoms with Crippen LogP contribution in [0.25, 0.3) is 0 Å². The molecule has 2 unspecified atom stereocenters. The summed E-state index contributed by atoms with van der Waals surface area (Å²) in [5.41, 5.74) is 3.33. The van der Waals surface area contributed by atoms with Crippen LogP contribution in [0.1, 0.15) is 24.8 Å². The second kappa shape index (κ2) is 7.10. The Balaban J connectivity index is 1.76. The predicted molar refractivity (Wildman–Crippen MR) is 83.9 cm³/mol.